The second kappa shape index (κ2) is 8.89. The molecule has 0 N–H and O–H groups in total. The van der Waals surface area contributed by atoms with E-state index in [1.54, 1.807) is 0 Å². The van der Waals surface area contributed by atoms with Crippen LogP contribution < -0.4 is 0 Å². The first kappa shape index (κ1) is 13.3. The molecule has 0 spiro atoms. The van der Waals surface area contributed by atoms with E-state index in [1.807, 2.05) is 32.5 Å². The van der Waals surface area contributed by atoms with Crippen LogP contribution in [0.2, 0.25) is 0 Å². The van der Waals surface area contributed by atoms with Crippen molar-refractivity contribution in [2.45, 2.75) is 26.5 Å². The molecule has 0 radical (unpaired) electrons. The van der Waals surface area contributed by atoms with Gasteiger partial charge in [0.25, 0.3) is 0 Å². The average Bonchev–Trinajstić information content (AvgIpc) is 2.25. The number of hydrogen-bond donors (Lipinski definition) is 0. The largest absolute Gasteiger partial charge is 0.161 e. The van der Waals surface area contributed by atoms with Crippen LogP contribution in [0.3, 0.4) is 0 Å². The maximum absolute atomic E-state index is 2.19. The summed E-state index contributed by atoms with van der Waals surface area (Å²) in [7, 11) is 0. The van der Waals surface area contributed by atoms with Crippen molar-refractivity contribution in [1.82, 2.24) is 0 Å². The number of benzene rings is 1. The van der Waals surface area contributed by atoms with Crippen LogP contribution in [0.25, 0.3) is 6.08 Å². The van der Waals surface area contributed by atoms with Gasteiger partial charge in [-0.3, -0.25) is 0 Å². The Morgan fingerprint density at radius 1 is 1.14 bits per heavy atom. The maximum atomic E-state index is 2.19. The molecule has 0 atom stereocenters. The first-order valence-electron chi connectivity index (χ1n) is 5.07. The molecule has 0 saturated heterocycles. The molecule has 0 aliphatic carbocycles. The van der Waals surface area contributed by atoms with Gasteiger partial charge in [0.1, 0.15) is 0 Å². The SMILES string of the molecule is CC.CC=Cc1ccc(CSC)cc1. The van der Waals surface area contributed by atoms with Gasteiger partial charge in [-0.1, -0.05) is 50.3 Å². The van der Waals surface area contributed by atoms with Gasteiger partial charge in [-0.05, 0) is 24.3 Å². The third-order valence-corrected chi connectivity index (χ3v) is 2.27. The summed E-state index contributed by atoms with van der Waals surface area (Å²) < 4.78 is 0. The van der Waals surface area contributed by atoms with Gasteiger partial charge in [0, 0.05) is 5.75 Å². The summed E-state index contributed by atoms with van der Waals surface area (Å²) in [5, 5.41) is 0. The van der Waals surface area contributed by atoms with E-state index in [1.165, 1.54) is 11.1 Å². The monoisotopic (exact) mass is 208 g/mol. The van der Waals surface area contributed by atoms with E-state index >= 15 is 0 Å². The van der Waals surface area contributed by atoms with E-state index in [2.05, 4.69) is 42.7 Å². The molecule has 1 heteroatoms. The molecule has 0 aliphatic rings. The molecule has 0 amide bonds. The van der Waals surface area contributed by atoms with Crippen LogP contribution in [0.5, 0.6) is 0 Å². The molecule has 14 heavy (non-hydrogen) atoms. The fraction of sp³-hybridized carbons (Fsp3) is 0.385. The quantitative estimate of drug-likeness (QED) is 0.699. The summed E-state index contributed by atoms with van der Waals surface area (Å²) in [6.07, 6.45) is 6.30. The van der Waals surface area contributed by atoms with Gasteiger partial charge in [-0.2, -0.15) is 11.8 Å². The minimum atomic E-state index is 1.11. The minimum Gasteiger partial charge on any atom is -0.161 e. The van der Waals surface area contributed by atoms with Crippen molar-refractivity contribution in [3.8, 4) is 0 Å². The first-order valence-corrected chi connectivity index (χ1v) is 6.47. The van der Waals surface area contributed by atoms with Crippen molar-refractivity contribution < 1.29 is 0 Å². The molecule has 78 valence electrons. The second-order valence-electron chi connectivity index (χ2n) is 2.67. The summed E-state index contributed by atoms with van der Waals surface area (Å²) in [5.41, 5.74) is 2.68. The van der Waals surface area contributed by atoms with Crippen molar-refractivity contribution in [3.63, 3.8) is 0 Å². The third kappa shape index (κ3) is 5.13. The topological polar surface area (TPSA) is 0 Å². The molecule has 0 bridgehead atoms. The highest BCUT2D eigenvalue weighted by Gasteiger charge is 1.89. The van der Waals surface area contributed by atoms with Gasteiger partial charge in [0.2, 0.25) is 0 Å². The first-order chi connectivity index (χ1) is 6.86. The molecule has 0 aromatic heterocycles. The Hall–Kier alpha value is -0.690. The predicted molar refractivity (Wildman–Crippen MR) is 69.7 cm³/mol. The summed E-state index contributed by atoms with van der Waals surface area (Å²) in [4.78, 5) is 0. The summed E-state index contributed by atoms with van der Waals surface area (Å²) in [5.74, 6) is 1.11. The minimum absolute atomic E-state index is 1.11. The molecule has 0 aliphatic heterocycles. The van der Waals surface area contributed by atoms with Crippen LogP contribution in [0.4, 0.5) is 0 Å². The Morgan fingerprint density at radius 2 is 1.71 bits per heavy atom. The lowest BCUT2D eigenvalue weighted by atomic mass is 10.1. The molecule has 0 heterocycles. The van der Waals surface area contributed by atoms with Crippen molar-refractivity contribution in [2.24, 2.45) is 0 Å². The predicted octanol–water partition coefficient (Wildman–Crippen LogP) is 4.61. The van der Waals surface area contributed by atoms with Gasteiger partial charge in [-0.15, -0.1) is 0 Å². The zero-order valence-electron chi connectivity index (χ0n) is 9.58. The van der Waals surface area contributed by atoms with Crippen molar-refractivity contribution in [3.05, 3.63) is 41.5 Å². The zero-order valence-corrected chi connectivity index (χ0v) is 10.4. The highest BCUT2D eigenvalue weighted by atomic mass is 32.2. The van der Waals surface area contributed by atoms with Gasteiger partial charge in [0.05, 0.1) is 0 Å². The van der Waals surface area contributed by atoms with Crippen molar-refractivity contribution >= 4 is 17.8 Å². The summed E-state index contributed by atoms with van der Waals surface area (Å²) in [6, 6.07) is 8.69. The molecular formula is C13H20S. The Bertz CT molecular complexity index is 246. The van der Waals surface area contributed by atoms with Crippen LogP contribution in [0.15, 0.2) is 30.3 Å². The van der Waals surface area contributed by atoms with Crippen LogP contribution in [-0.2, 0) is 5.75 Å². The van der Waals surface area contributed by atoms with Gasteiger partial charge >= 0.3 is 0 Å². The Morgan fingerprint density at radius 3 is 2.14 bits per heavy atom. The van der Waals surface area contributed by atoms with Crippen LogP contribution in [0.1, 0.15) is 31.9 Å². The van der Waals surface area contributed by atoms with E-state index < -0.39 is 0 Å². The summed E-state index contributed by atoms with van der Waals surface area (Å²) >= 11 is 1.86. The lowest BCUT2D eigenvalue weighted by Crippen LogP contribution is -1.79. The van der Waals surface area contributed by atoms with E-state index in [0.29, 0.717) is 0 Å². The van der Waals surface area contributed by atoms with Crippen LogP contribution in [-0.4, -0.2) is 6.26 Å². The fourth-order valence-corrected chi connectivity index (χ4v) is 1.61. The normalized spacial score (nSPS) is 9.71. The fourth-order valence-electron chi connectivity index (χ4n) is 1.08. The lowest BCUT2D eigenvalue weighted by molar-refractivity contribution is 1.41. The molecule has 0 unspecified atom stereocenters. The Labute approximate surface area is 92.4 Å². The number of allylic oxidation sites excluding steroid dienone is 1. The number of thioether (sulfide) groups is 1. The maximum Gasteiger partial charge on any atom is 0.0181 e. The van der Waals surface area contributed by atoms with E-state index in [4.69, 9.17) is 0 Å². The standard InChI is InChI=1S/C11H14S.C2H6/c1-3-4-10-5-7-11(8-6-10)9-12-2;1-2/h3-8H,9H2,1-2H3;1-2H3. The Kier molecular flexibility index (Phi) is 8.45. The van der Waals surface area contributed by atoms with E-state index in [0.717, 1.165) is 5.75 Å². The van der Waals surface area contributed by atoms with Gasteiger partial charge in [0.15, 0.2) is 0 Å². The van der Waals surface area contributed by atoms with Gasteiger partial charge in [-0.25, -0.2) is 0 Å². The lowest BCUT2D eigenvalue weighted by Gasteiger charge is -1.98. The molecule has 1 aromatic carbocycles. The third-order valence-electron chi connectivity index (χ3n) is 1.65. The molecular weight excluding hydrogens is 188 g/mol. The smallest absolute Gasteiger partial charge is 0.0181 e. The number of hydrogen-bond acceptors (Lipinski definition) is 1. The molecule has 0 saturated carbocycles. The molecule has 0 nitrogen and oxygen atoms in total. The number of rotatable bonds is 3. The zero-order chi connectivity index (χ0) is 10.8. The van der Waals surface area contributed by atoms with Gasteiger partial charge < -0.3 is 0 Å². The highest BCUT2D eigenvalue weighted by Crippen LogP contribution is 2.11. The van der Waals surface area contributed by atoms with Crippen LogP contribution in [0, 0.1) is 0 Å². The molecule has 1 rings (SSSR count). The van der Waals surface area contributed by atoms with Crippen LogP contribution >= 0.6 is 11.8 Å². The molecule has 0 fully saturated rings. The average molecular weight is 208 g/mol. The molecule has 1 aromatic rings. The second-order valence-corrected chi connectivity index (χ2v) is 3.54. The Balaban J connectivity index is 0.000000791. The van der Waals surface area contributed by atoms with Crippen molar-refractivity contribution in [1.29, 1.82) is 0 Å². The summed E-state index contributed by atoms with van der Waals surface area (Å²) in [6.45, 7) is 6.04. The van der Waals surface area contributed by atoms with E-state index in [-0.39, 0.29) is 0 Å². The van der Waals surface area contributed by atoms with E-state index in [9.17, 15) is 0 Å². The van der Waals surface area contributed by atoms with Crippen molar-refractivity contribution in [2.75, 3.05) is 6.26 Å². The highest BCUT2D eigenvalue weighted by molar-refractivity contribution is 7.97.